The number of aromatic nitrogens is 1. The highest BCUT2D eigenvalue weighted by Gasteiger charge is 2.18. The molecule has 0 amide bonds. The zero-order valence-electron chi connectivity index (χ0n) is 10.2. The van der Waals surface area contributed by atoms with Gasteiger partial charge in [-0.3, -0.25) is 0 Å². The number of pyridine rings is 1. The molecule has 0 unspecified atom stereocenters. The van der Waals surface area contributed by atoms with Gasteiger partial charge in [-0.1, -0.05) is 29.8 Å². The number of carbonyl (C=O) groups excluding carboxylic acids is 1. The van der Waals surface area contributed by atoms with Crippen molar-refractivity contribution in [1.29, 1.82) is 0 Å². The summed E-state index contributed by atoms with van der Waals surface area (Å²) >= 11 is 0. The molecule has 0 atom stereocenters. The highest BCUT2D eigenvalue weighted by molar-refractivity contribution is 5.99. The third-order valence-electron chi connectivity index (χ3n) is 2.68. The molecule has 0 radical (unpaired) electrons. The van der Waals surface area contributed by atoms with E-state index in [-0.39, 0.29) is 11.4 Å². The van der Waals surface area contributed by atoms with E-state index in [0.29, 0.717) is 5.56 Å². The van der Waals surface area contributed by atoms with E-state index in [9.17, 15) is 9.90 Å². The van der Waals surface area contributed by atoms with Crippen molar-refractivity contribution in [3.63, 3.8) is 0 Å². The van der Waals surface area contributed by atoms with Crippen molar-refractivity contribution in [3.05, 3.63) is 47.7 Å². The van der Waals surface area contributed by atoms with Gasteiger partial charge in [0, 0.05) is 11.8 Å². The zero-order valence-corrected chi connectivity index (χ0v) is 10.2. The maximum atomic E-state index is 11.7. The number of rotatable bonds is 2. The molecule has 0 aliphatic heterocycles. The Labute approximate surface area is 105 Å². The van der Waals surface area contributed by atoms with Gasteiger partial charge in [-0.05, 0) is 18.6 Å². The van der Waals surface area contributed by atoms with Crippen molar-refractivity contribution in [3.8, 4) is 17.0 Å². The fourth-order valence-electron chi connectivity index (χ4n) is 1.73. The Morgan fingerprint density at radius 1 is 1.22 bits per heavy atom. The minimum absolute atomic E-state index is 0.0869. The fourth-order valence-corrected chi connectivity index (χ4v) is 1.73. The summed E-state index contributed by atoms with van der Waals surface area (Å²) in [6, 6.07) is 9.32. The minimum atomic E-state index is -0.601. The summed E-state index contributed by atoms with van der Waals surface area (Å²) < 4.78 is 4.66. The summed E-state index contributed by atoms with van der Waals surface area (Å²) in [6.45, 7) is 1.98. The maximum absolute atomic E-state index is 11.7. The number of aryl methyl sites for hydroxylation is 1. The summed E-state index contributed by atoms with van der Waals surface area (Å²) in [5.74, 6) is -0.920. The van der Waals surface area contributed by atoms with Crippen molar-refractivity contribution < 1.29 is 14.6 Å². The van der Waals surface area contributed by atoms with Crippen LogP contribution in [-0.4, -0.2) is 23.2 Å². The molecule has 1 aromatic heterocycles. The maximum Gasteiger partial charge on any atom is 0.344 e. The first-order valence-corrected chi connectivity index (χ1v) is 5.47. The summed E-state index contributed by atoms with van der Waals surface area (Å²) in [6.07, 6.45) is 1.46. The number of hydrogen-bond acceptors (Lipinski definition) is 4. The van der Waals surface area contributed by atoms with Gasteiger partial charge in [0.1, 0.15) is 5.56 Å². The van der Waals surface area contributed by atoms with Crippen LogP contribution >= 0.6 is 0 Å². The zero-order chi connectivity index (χ0) is 13.1. The van der Waals surface area contributed by atoms with E-state index in [0.717, 1.165) is 11.1 Å². The van der Waals surface area contributed by atoms with Gasteiger partial charge in [0.2, 0.25) is 5.88 Å². The second kappa shape index (κ2) is 4.87. The first kappa shape index (κ1) is 12.1. The number of methoxy groups -OCH3 is 1. The lowest BCUT2D eigenvalue weighted by atomic mass is 10.0. The number of hydrogen-bond donors (Lipinski definition) is 1. The Bertz CT molecular complexity index is 576. The molecule has 2 aromatic rings. The van der Waals surface area contributed by atoms with Gasteiger partial charge >= 0.3 is 5.97 Å². The lowest BCUT2D eigenvalue weighted by Crippen LogP contribution is -2.05. The van der Waals surface area contributed by atoms with E-state index in [1.165, 1.54) is 13.3 Å². The lowest BCUT2D eigenvalue weighted by Gasteiger charge is -2.09. The molecule has 1 aromatic carbocycles. The topological polar surface area (TPSA) is 59.4 Å². The predicted octanol–water partition coefficient (Wildman–Crippen LogP) is 2.55. The highest BCUT2D eigenvalue weighted by Crippen LogP contribution is 2.29. The van der Waals surface area contributed by atoms with Crippen LogP contribution in [0.15, 0.2) is 36.5 Å². The molecule has 0 aliphatic carbocycles. The largest absolute Gasteiger partial charge is 0.493 e. The molecule has 4 nitrogen and oxygen atoms in total. The lowest BCUT2D eigenvalue weighted by molar-refractivity contribution is 0.0597. The summed E-state index contributed by atoms with van der Waals surface area (Å²) in [5.41, 5.74) is 2.65. The van der Waals surface area contributed by atoms with E-state index in [4.69, 9.17) is 0 Å². The second-order valence-electron chi connectivity index (χ2n) is 3.91. The van der Waals surface area contributed by atoms with Crippen molar-refractivity contribution >= 4 is 5.97 Å². The van der Waals surface area contributed by atoms with Crippen LogP contribution in [0.4, 0.5) is 0 Å². The van der Waals surface area contributed by atoms with Gasteiger partial charge in [-0.25, -0.2) is 9.78 Å². The van der Waals surface area contributed by atoms with Crippen molar-refractivity contribution in [2.24, 2.45) is 0 Å². The van der Waals surface area contributed by atoms with E-state index in [1.807, 2.05) is 31.2 Å². The van der Waals surface area contributed by atoms with Gasteiger partial charge in [-0.15, -0.1) is 0 Å². The van der Waals surface area contributed by atoms with E-state index >= 15 is 0 Å². The van der Waals surface area contributed by atoms with Crippen LogP contribution in [0.2, 0.25) is 0 Å². The average molecular weight is 243 g/mol. The third-order valence-corrected chi connectivity index (χ3v) is 2.68. The predicted molar refractivity (Wildman–Crippen MR) is 67.4 cm³/mol. The van der Waals surface area contributed by atoms with E-state index < -0.39 is 5.97 Å². The van der Waals surface area contributed by atoms with Crippen molar-refractivity contribution in [1.82, 2.24) is 4.98 Å². The Morgan fingerprint density at radius 2 is 1.89 bits per heavy atom. The Kier molecular flexibility index (Phi) is 3.28. The molecular weight excluding hydrogens is 230 g/mol. The first-order chi connectivity index (χ1) is 8.63. The minimum Gasteiger partial charge on any atom is -0.493 e. The Balaban J connectivity index is 2.60. The number of esters is 1. The molecule has 4 heteroatoms. The average Bonchev–Trinajstić information content (AvgIpc) is 2.38. The fraction of sp³-hybridized carbons (Fsp3) is 0.143. The number of carbonyl (C=O) groups is 1. The molecule has 0 saturated heterocycles. The summed E-state index contributed by atoms with van der Waals surface area (Å²) in [7, 11) is 1.27. The second-order valence-corrected chi connectivity index (χ2v) is 3.91. The number of ether oxygens (including phenoxy) is 1. The monoisotopic (exact) mass is 243 g/mol. The number of benzene rings is 1. The van der Waals surface area contributed by atoms with Gasteiger partial charge in [-0.2, -0.15) is 0 Å². The number of nitrogens with zero attached hydrogens (tertiary/aromatic N) is 1. The molecule has 18 heavy (non-hydrogen) atoms. The smallest absolute Gasteiger partial charge is 0.344 e. The van der Waals surface area contributed by atoms with Crippen LogP contribution in [0.3, 0.4) is 0 Å². The molecule has 1 N–H and O–H groups in total. The Hall–Kier alpha value is -2.36. The Morgan fingerprint density at radius 3 is 2.50 bits per heavy atom. The molecular formula is C14H13NO3. The normalized spacial score (nSPS) is 10.1. The number of aromatic hydroxyl groups is 1. The van der Waals surface area contributed by atoms with E-state index in [1.54, 1.807) is 6.07 Å². The standard InChI is InChI=1S/C14H13NO3/c1-9-3-5-10(6-4-9)11-7-8-15-13(16)12(11)14(17)18-2/h3-8H,1-2H3,(H,15,16). The van der Waals surface area contributed by atoms with Gasteiger partial charge in [0.15, 0.2) is 0 Å². The summed E-state index contributed by atoms with van der Waals surface area (Å²) in [4.78, 5) is 15.4. The van der Waals surface area contributed by atoms with Gasteiger partial charge in [0.25, 0.3) is 0 Å². The quantitative estimate of drug-likeness (QED) is 0.823. The van der Waals surface area contributed by atoms with Gasteiger partial charge < -0.3 is 9.84 Å². The van der Waals surface area contributed by atoms with Crippen molar-refractivity contribution in [2.45, 2.75) is 6.92 Å². The molecule has 0 bridgehead atoms. The third kappa shape index (κ3) is 2.18. The van der Waals surface area contributed by atoms with Crippen LogP contribution < -0.4 is 0 Å². The van der Waals surface area contributed by atoms with Crippen LogP contribution in [-0.2, 0) is 4.74 Å². The van der Waals surface area contributed by atoms with Crippen LogP contribution in [0.5, 0.6) is 5.88 Å². The molecule has 0 aliphatic rings. The molecule has 0 spiro atoms. The molecule has 1 heterocycles. The molecule has 0 fully saturated rings. The molecule has 0 saturated carbocycles. The highest BCUT2D eigenvalue weighted by atomic mass is 16.5. The van der Waals surface area contributed by atoms with Gasteiger partial charge in [0.05, 0.1) is 7.11 Å². The first-order valence-electron chi connectivity index (χ1n) is 5.47. The molecule has 92 valence electrons. The van der Waals surface area contributed by atoms with Crippen molar-refractivity contribution in [2.75, 3.05) is 7.11 Å². The van der Waals surface area contributed by atoms with Crippen LogP contribution in [0.25, 0.3) is 11.1 Å². The summed E-state index contributed by atoms with van der Waals surface area (Å²) in [5, 5.41) is 9.70. The van der Waals surface area contributed by atoms with Crippen LogP contribution in [0.1, 0.15) is 15.9 Å². The van der Waals surface area contributed by atoms with Crippen LogP contribution in [0, 0.1) is 6.92 Å². The van der Waals surface area contributed by atoms with E-state index in [2.05, 4.69) is 9.72 Å². The molecule has 2 rings (SSSR count). The SMILES string of the molecule is COC(=O)c1c(-c2ccc(C)cc2)ccnc1O.